The van der Waals surface area contributed by atoms with Crippen LogP contribution in [0.5, 0.6) is 5.75 Å². The van der Waals surface area contributed by atoms with Crippen LogP contribution in [0.3, 0.4) is 0 Å². The number of phenolic OH excluding ortho intramolecular Hbond substituents is 1. The highest BCUT2D eigenvalue weighted by Crippen LogP contribution is 2.18. The Morgan fingerprint density at radius 2 is 2.24 bits per heavy atom. The van der Waals surface area contributed by atoms with E-state index in [-0.39, 0.29) is 17.2 Å². The molecule has 4 heteroatoms. The van der Waals surface area contributed by atoms with Crippen LogP contribution in [-0.2, 0) is 0 Å². The molecule has 90 valence electrons. The minimum Gasteiger partial charge on any atom is -0.508 e. The lowest BCUT2D eigenvalue weighted by atomic mass is 10.1. The summed E-state index contributed by atoms with van der Waals surface area (Å²) < 4.78 is 13.5. The molecule has 0 aromatic heterocycles. The molecule has 0 saturated heterocycles. The summed E-state index contributed by atoms with van der Waals surface area (Å²) in [6, 6.07) is 3.60. The van der Waals surface area contributed by atoms with E-state index in [4.69, 9.17) is 5.11 Å². The largest absolute Gasteiger partial charge is 0.508 e. The van der Waals surface area contributed by atoms with Crippen molar-refractivity contribution in [1.29, 1.82) is 0 Å². The quantitative estimate of drug-likeness (QED) is 0.759. The lowest BCUT2D eigenvalue weighted by molar-refractivity contribution is 0.0761. The fraction of sp³-hybridized carbons (Fsp3) is 0.308. The number of hydrogen-bond donors (Lipinski definition) is 1. The predicted octanol–water partition coefficient (Wildman–Crippen LogP) is 2.32. The zero-order chi connectivity index (χ0) is 12.4. The highest BCUT2D eigenvalue weighted by Gasteiger charge is 2.21. The maximum absolute atomic E-state index is 13.5. The summed E-state index contributed by atoms with van der Waals surface area (Å²) >= 11 is 0. The van der Waals surface area contributed by atoms with Crippen molar-refractivity contribution in [3.05, 3.63) is 41.2 Å². The summed E-state index contributed by atoms with van der Waals surface area (Å²) in [6.45, 7) is 3.10. The second kappa shape index (κ2) is 4.57. The first-order chi connectivity index (χ1) is 8.08. The number of aromatic hydroxyl groups is 1. The standard InChI is InChI=1S/C13H14FNO2/c1-9-3-2-6-15(8-9)13(17)11-5-4-10(16)7-12(11)14/h3-5,7,16H,2,6,8H2,1H3. The molecule has 3 nitrogen and oxygen atoms in total. The molecular weight excluding hydrogens is 221 g/mol. The number of phenols is 1. The Morgan fingerprint density at radius 1 is 1.47 bits per heavy atom. The maximum Gasteiger partial charge on any atom is 0.257 e. The van der Waals surface area contributed by atoms with Crippen molar-refractivity contribution in [2.75, 3.05) is 13.1 Å². The molecule has 17 heavy (non-hydrogen) atoms. The van der Waals surface area contributed by atoms with Gasteiger partial charge in [-0.1, -0.05) is 11.6 Å². The van der Waals surface area contributed by atoms with Crippen LogP contribution in [0.4, 0.5) is 4.39 Å². The Labute approximate surface area is 99.2 Å². The van der Waals surface area contributed by atoms with Gasteiger partial charge in [0.2, 0.25) is 0 Å². The van der Waals surface area contributed by atoms with E-state index in [0.717, 1.165) is 18.1 Å². The number of carbonyl (C=O) groups is 1. The molecule has 1 amide bonds. The molecule has 1 N–H and O–H groups in total. The molecule has 1 aromatic carbocycles. The van der Waals surface area contributed by atoms with E-state index >= 15 is 0 Å². The average Bonchev–Trinajstić information content (AvgIpc) is 2.28. The molecule has 2 rings (SSSR count). The first-order valence-corrected chi connectivity index (χ1v) is 5.51. The lowest BCUT2D eigenvalue weighted by Gasteiger charge is -2.26. The van der Waals surface area contributed by atoms with Gasteiger partial charge in [0.25, 0.3) is 5.91 Å². The summed E-state index contributed by atoms with van der Waals surface area (Å²) in [7, 11) is 0. The third-order valence-corrected chi connectivity index (χ3v) is 2.80. The van der Waals surface area contributed by atoms with Gasteiger partial charge in [0.05, 0.1) is 5.56 Å². The van der Waals surface area contributed by atoms with Crippen LogP contribution in [0.1, 0.15) is 23.7 Å². The number of hydrogen-bond acceptors (Lipinski definition) is 2. The maximum atomic E-state index is 13.5. The van der Waals surface area contributed by atoms with Crippen LogP contribution < -0.4 is 0 Å². The molecule has 1 aliphatic rings. The average molecular weight is 235 g/mol. The third kappa shape index (κ3) is 2.46. The summed E-state index contributed by atoms with van der Waals surface area (Å²) in [4.78, 5) is 13.7. The second-order valence-corrected chi connectivity index (χ2v) is 4.23. The Balaban J connectivity index is 2.22. The molecule has 0 fully saturated rings. The van der Waals surface area contributed by atoms with Crippen LogP contribution in [-0.4, -0.2) is 29.0 Å². The number of halogens is 1. The zero-order valence-corrected chi connectivity index (χ0v) is 9.61. The highest BCUT2D eigenvalue weighted by atomic mass is 19.1. The first-order valence-electron chi connectivity index (χ1n) is 5.51. The van der Waals surface area contributed by atoms with Crippen molar-refractivity contribution >= 4 is 5.91 Å². The van der Waals surface area contributed by atoms with Crippen LogP contribution in [0.25, 0.3) is 0 Å². The van der Waals surface area contributed by atoms with Gasteiger partial charge < -0.3 is 10.0 Å². The molecule has 1 heterocycles. The van der Waals surface area contributed by atoms with Crippen molar-refractivity contribution in [2.24, 2.45) is 0 Å². The van der Waals surface area contributed by atoms with Gasteiger partial charge in [0, 0.05) is 19.2 Å². The van der Waals surface area contributed by atoms with Crippen molar-refractivity contribution in [1.82, 2.24) is 4.90 Å². The Kier molecular flexibility index (Phi) is 3.13. The number of benzene rings is 1. The third-order valence-electron chi connectivity index (χ3n) is 2.80. The van der Waals surface area contributed by atoms with Gasteiger partial charge >= 0.3 is 0 Å². The molecule has 1 aliphatic heterocycles. The first kappa shape index (κ1) is 11.6. The molecule has 1 aromatic rings. The summed E-state index contributed by atoms with van der Waals surface area (Å²) in [5.41, 5.74) is 1.13. The predicted molar refractivity (Wildman–Crippen MR) is 62.3 cm³/mol. The molecule has 0 atom stereocenters. The molecule has 0 aliphatic carbocycles. The van der Waals surface area contributed by atoms with E-state index in [1.165, 1.54) is 12.1 Å². The number of amides is 1. The summed E-state index contributed by atoms with van der Waals surface area (Å²) in [5, 5.41) is 9.10. The Morgan fingerprint density at radius 3 is 2.88 bits per heavy atom. The molecule has 0 bridgehead atoms. The van der Waals surface area contributed by atoms with Crippen LogP contribution in [0, 0.1) is 5.82 Å². The normalized spacial score (nSPS) is 15.6. The van der Waals surface area contributed by atoms with Gasteiger partial charge in [-0.15, -0.1) is 0 Å². The van der Waals surface area contributed by atoms with E-state index in [9.17, 15) is 9.18 Å². The topological polar surface area (TPSA) is 40.5 Å². The van der Waals surface area contributed by atoms with Crippen molar-refractivity contribution < 1.29 is 14.3 Å². The van der Waals surface area contributed by atoms with E-state index < -0.39 is 5.82 Å². The molecule has 0 unspecified atom stereocenters. The van der Waals surface area contributed by atoms with Crippen LogP contribution >= 0.6 is 0 Å². The van der Waals surface area contributed by atoms with Gasteiger partial charge in [0.1, 0.15) is 11.6 Å². The van der Waals surface area contributed by atoms with Crippen molar-refractivity contribution in [2.45, 2.75) is 13.3 Å². The monoisotopic (exact) mass is 235 g/mol. The molecule has 0 radical (unpaired) electrons. The zero-order valence-electron chi connectivity index (χ0n) is 9.61. The Bertz CT molecular complexity index is 482. The fourth-order valence-electron chi connectivity index (χ4n) is 1.93. The van der Waals surface area contributed by atoms with Gasteiger partial charge in [-0.05, 0) is 25.5 Å². The van der Waals surface area contributed by atoms with Gasteiger partial charge in [-0.2, -0.15) is 0 Å². The Hall–Kier alpha value is -1.84. The van der Waals surface area contributed by atoms with Crippen LogP contribution in [0.2, 0.25) is 0 Å². The number of nitrogens with zero attached hydrogens (tertiary/aromatic N) is 1. The van der Waals surface area contributed by atoms with E-state index in [0.29, 0.717) is 13.1 Å². The van der Waals surface area contributed by atoms with E-state index in [1.807, 2.05) is 6.92 Å². The summed E-state index contributed by atoms with van der Waals surface area (Å²) in [5.74, 6) is -1.18. The molecule has 0 spiro atoms. The second-order valence-electron chi connectivity index (χ2n) is 4.23. The highest BCUT2D eigenvalue weighted by molar-refractivity contribution is 5.94. The smallest absolute Gasteiger partial charge is 0.257 e. The molecular formula is C13H14FNO2. The minimum absolute atomic E-state index is 0.0116. The van der Waals surface area contributed by atoms with Gasteiger partial charge in [-0.3, -0.25) is 4.79 Å². The van der Waals surface area contributed by atoms with Crippen molar-refractivity contribution in [3.8, 4) is 5.75 Å². The molecule has 0 saturated carbocycles. The number of rotatable bonds is 1. The SMILES string of the molecule is CC1=CCCN(C(=O)c2ccc(O)cc2F)C1. The minimum atomic E-state index is -0.679. The van der Waals surface area contributed by atoms with E-state index in [2.05, 4.69) is 6.08 Å². The van der Waals surface area contributed by atoms with Crippen LogP contribution in [0.15, 0.2) is 29.8 Å². The summed E-state index contributed by atoms with van der Waals surface area (Å²) in [6.07, 6.45) is 2.88. The van der Waals surface area contributed by atoms with Gasteiger partial charge in [-0.25, -0.2) is 4.39 Å². The lowest BCUT2D eigenvalue weighted by Crippen LogP contribution is -2.35. The van der Waals surface area contributed by atoms with Gasteiger partial charge in [0.15, 0.2) is 0 Å². The number of carbonyl (C=O) groups excluding carboxylic acids is 1. The fourth-order valence-corrected chi connectivity index (χ4v) is 1.93. The van der Waals surface area contributed by atoms with E-state index in [1.54, 1.807) is 4.90 Å². The van der Waals surface area contributed by atoms with Crippen molar-refractivity contribution in [3.63, 3.8) is 0 Å².